The van der Waals surface area contributed by atoms with E-state index in [9.17, 15) is 18.0 Å². The van der Waals surface area contributed by atoms with Crippen LogP contribution < -0.4 is 10.1 Å². The second kappa shape index (κ2) is 7.18. The molecule has 0 unspecified atom stereocenters. The number of carbonyl (C=O) groups excluding carboxylic acids is 1. The van der Waals surface area contributed by atoms with Gasteiger partial charge in [-0.25, -0.2) is 4.98 Å². The average Bonchev–Trinajstić information content (AvgIpc) is 3.29. The summed E-state index contributed by atoms with van der Waals surface area (Å²) in [6, 6.07) is 9.22. The van der Waals surface area contributed by atoms with Gasteiger partial charge in [0.15, 0.2) is 0 Å². The topological polar surface area (TPSA) is 55.6 Å². The number of halogens is 3. The Balaban J connectivity index is 1.65. The molecule has 1 N–H and O–H groups in total. The van der Waals surface area contributed by atoms with Gasteiger partial charge in [-0.05, 0) is 37.1 Å². The van der Waals surface area contributed by atoms with Crippen molar-refractivity contribution < 1.29 is 22.7 Å². The number of ether oxygens (including phenoxy) is 1. The molecule has 0 aliphatic heterocycles. The fourth-order valence-electron chi connectivity index (χ4n) is 3.52. The van der Waals surface area contributed by atoms with Crippen LogP contribution in [0.5, 0.6) is 5.75 Å². The number of carbonyl (C=O) groups is 1. The highest BCUT2D eigenvalue weighted by atomic mass is 19.4. The molecule has 28 heavy (non-hydrogen) atoms. The van der Waals surface area contributed by atoms with E-state index in [1.54, 1.807) is 35.0 Å². The number of nitrogens with zero attached hydrogens (tertiary/aromatic N) is 2. The van der Waals surface area contributed by atoms with Crippen molar-refractivity contribution >= 4 is 11.6 Å². The Bertz CT molecular complexity index is 1010. The Labute approximate surface area is 159 Å². The predicted molar refractivity (Wildman–Crippen MR) is 97.0 cm³/mol. The Morgan fingerprint density at radius 1 is 1.18 bits per heavy atom. The highest BCUT2D eigenvalue weighted by Crippen LogP contribution is 2.28. The lowest BCUT2D eigenvalue weighted by atomic mass is 10.1. The molecule has 0 radical (unpaired) electrons. The molecule has 1 amide bonds. The lowest BCUT2D eigenvalue weighted by Crippen LogP contribution is -2.32. The summed E-state index contributed by atoms with van der Waals surface area (Å²) in [5, 5.41) is 3.03. The van der Waals surface area contributed by atoms with Gasteiger partial charge in [0.05, 0.1) is 11.3 Å². The SMILES string of the molecule is O=C(NC1CCCC1)c1cccn2cc(-c3cccc(OC(F)(F)F)c3)nc12. The van der Waals surface area contributed by atoms with E-state index in [1.807, 2.05) is 0 Å². The number of hydrogen-bond acceptors (Lipinski definition) is 3. The second-order valence-electron chi connectivity index (χ2n) is 6.81. The normalized spacial score (nSPS) is 15.1. The largest absolute Gasteiger partial charge is 0.573 e. The van der Waals surface area contributed by atoms with E-state index in [1.165, 1.54) is 18.2 Å². The van der Waals surface area contributed by atoms with Crippen molar-refractivity contribution in [2.45, 2.75) is 38.1 Å². The minimum atomic E-state index is -4.76. The monoisotopic (exact) mass is 389 g/mol. The maximum Gasteiger partial charge on any atom is 0.573 e. The van der Waals surface area contributed by atoms with E-state index >= 15 is 0 Å². The van der Waals surface area contributed by atoms with Gasteiger partial charge in [-0.3, -0.25) is 4.79 Å². The fraction of sp³-hybridized carbons (Fsp3) is 0.300. The molecule has 0 bridgehead atoms. The standard InChI is InChI=1S/C20H18F3N3O2/c21-20(22,23)28-15-8-3-5-13(11-15)17-12-26-10-4-9-16(18(26)25-17)19(27)24-14-6-1-2-7-14/h3-5,8-12,14H,1-2,6-7H2,(H,24,27). The van der Waals surface area contributed by atoms with E-state index in [-0.39, 0.29) is 17.7 Å². The average molecular weight is 389 g/mol. The van der Waals surface area contributed by atoms with Crippen LogP contribution in [0.2, 0.25) is 0 Å². The van der Waals surface area contributed by atoms with Crippen LogP contribution in [0.3, 0.4) is 0 Å². The number of nitrogens with one attached hydrogen (secondary N) is 1. The molecule has 1 fully saturated rings. The van der Waals surface area contributed by atoms with Gasteiger partial charge in [-0.1, -0.05) is 25.0 Å². The summed E-state index contributed by atoms with van der Waals surface area (Å²) in [7, 11) is 0. The highest BCUT2D eigenvalue weighted by Gasteiger charge is 2.31. The first kappa shape index (κ1) is 18.3. The van der Waals surface area contributed by atoms with E-state index in [0.29, 0.717) is 22.5 Å². The molecule has 3 aromatic rings. The number of alkyl halides is 3. The van der Waals surface area contributed by atoms with Crippen LogP contribution in [0, 0.1) is 0 Å². The molecule has 2 aromatic heterocycles. The summed E-state index contributed by atoms with van der Waals surface area (Å²) in [5.41, 5.74) is 1.81. The minimum absolute atomic E-state index is 0.179. The number of pyridine rings is 1. The summed E-state index contributed by atoms with van der Waals surface area (Å²) in [4.78, 5) is 17.1. The van der Waals surface area contributed by atoms with Gasteiger partial charge in [0, 0.05) is 24.0 Å². The molecule has 5 nitrogen and oxygen atoms in total. The smallest absolute Gasteiger partial charge is 0.406 e. The number of benzene rings is 1. The maximum absolute atomic E-state index is 12.7. The van der Waals surface area contributed by atoms with Crippen LogP contribution >= 0.6 is 0 Å². The van der Waals surface area contributed by atoms with E-state index in [4.69, 9.17) is 0 Å². The number of amides is 1. The quantitative estimate of drug-likeness (QED) is 0.711. The fourth-order valence-corrected chi connectivity index (χ4v) is 3.52. The molecular weight excluding hydrogens is 371 g/mol. The minimum Gasteiger partial charge on any atom is -0.406 e. The summed E-state index contributed by atoms with van der Waals surface area (Å²) in [6.45, 7) is 0. The summed E-state index contributed by atoms with van der Waals surface area (Å²) in [5.74, 6) is -0.509. The molecule has 1 saturated carbocycles. The molecule has 0 saturated heterocycles. The van der Waals surface area contributed by atoms with Crippen molar-refractivity contribution in [1.29, 1.82) is 0 Å². The number of aromatic nitrogens is 2. The molecule has 1 aliphatic rings. The van der Waals surface area contributed by atoms with Gasteiger partial charge in [-0.2, -0.15) is 0 Å². The molecule has 8 heteroatoms. The van der Waals surface area contributed by atoms with Crippen molar-refractivity contribution in [1.82, 2.24) is 14.7 Å². The summed E-state index contributed by atoms with van der Waals surface area (Å²) >= 11 is 0. The molecule has 1 aromatic carbocycles. The maximum atomic E-state index is 12.7. The Kier molecular flexibility index (Phi) is 4.70. The van der Waals surface area contributed by atoms with Crippen LogP contribution in [-0.4, -0.2) is 27.7 Å². The Hall–Kier alpha value is -3.03. The van der Waals surface area contributed by atoms with E-state index < -0.39 is 6.36 Å². The van der Waals surface area contributed by atoms with Gasteiger partial charge in [0.2, 0.25) is 0 Å². The van der Waals surface area contributed by atoms with E-state index in [2.05, 4.69) is 15.0 Å². The molecule has 0 atom stereocenters. The lowest BCUT2D eigenvalue weighted by Gasteiger charge is -2.12. The van der Waals surface area contributed by atoms with Crippen molar-refractivity contribution in [3.8, 4) is 17.0 Å². The zero-order valence-corrected chi connectivity index (χ0v) is 14.9. The zero-order chi connectivity index (χ0) is 19.7. The van der Waals surface area contributed by atoms with Crippen LogP contribution in [0.1, 0.15) is 36.0 Å². The lowest BCUT2D eigenvalue weighted by molar-refractivity contribution is -0.274. The third kappa shape index (κ3) is 3.95. The number of fused-ring (bicyclic) bond motifs is 1. The van der Waals surface area contributed by atoms with Crippen molar-refractivity contribution in [3.05, 3.63) is 54.4 Å². The van der Waals surface area contributed by atoms with Gasteiger partial charge in [0.1, 0.15) is 11.4 Å². The Morgan fingerprint density at radius 2 is 1.96 bits per heavy atom. The molecule has 4 rings (SSSR count). The molecule has 1 aliphatic carbocycles. The molecule has 2 heterocycles. The molecule has 0 spiro atoms. The van der Waals surface area contributed by atoms with Gasteiger partial charge in [-0.15, -0.1) is 13.2 Å². The second-order valence-corrected chi connectivity index (χ2v) is 6.81. The van der Waals surface area contributed by atoms with Crippen molar-refractivity contribution in [3.63, 3.8) is 0 Å². The first-order chi connectivity index (χ1) is 13.4. The first-order valence-corrected chi connectivity index (χ1v) is 9.04. The summed E-state index contributed by atoms with van der Waals surface area (Å²) < 4.78 is 43.1. The van der Waals surface area contributed by atoms with Gasteiger partial charge in [0.25, 0.3) is 5.91 Å². The molecule has 146 valence electrons. The predicted octanol–water partition coefficient (Wildman–Crippen LogP) is 4.57. The van der Waals surface area contributed by atoms with Crippen LogP contribution in [0.4, 0.5) is 13.2 Å². The van der Waals surface area contributed by atoms with Crippen LogP contribution in [0.25, 0.3) is 16.9 Å². The number of imidazole rings is 1. The third-order valence-electron chi connectivity index (χ3n) is 4.78. The summed E-state index contributed by atoms with van der Waals surface area (Å²) in [6.07, 6.45) is 2.82. The zero-order valence-electron chi connectivity index (χ0n) is 14.9. The van der Waals surface area contributed by atoms with Gasteiger partial charge >= 0.3 is 6.36 Å². The number of rotatable bonds is 4. The van der Waals surface area contributed by atoms with Crippen LogP contribution in [-0.2, 0) is 0 Å². The van der Waals surface area contributed by atoms with Crippen molar-refractivity contribution in [2.24, 2.45) is 0 Å². The Morgan fingerprint density at radius 3 is 2.71 bits per heavy atom. The van der Waals surface area contributed by atoms with Gasteiger partial charge < -0.3 is 14.5 Å². The number of hydrogen-bond donors (Lipinski definition) is 1. The van der Waals surface area contributed by atoms with E-state index in [0.717, 1.165) is 25.7 Å². The third-order valence-corrected chi connectivity index (χ3v) is 4.78. The molecular formula is C20H18F3N3O2. The van der Waals surface area contributed by atoms with Crippen molar-refractivity contribution in [2.75, 3.05) is 0 Å². The highest BCUT2D eigenvalue weighted by molar-refractivity contribution is 6.00. The van der Waals surface area contributed by atoms with Crippen LogP contribution in [0.15, 0.2) is 48.8 Å². The first-order valence-electron chi connectivity index (χ1n) is 9.04.